The summed E-state index contributed by atoms with van der Waals surface area (Å²) < 4.78 is 19.8. The number of aromatic nitrogens is 2. The van der Waals surface area contributed by atoms with Gasteiger partial charge in [-0.25, -0.2) is 9.07 Å². The van der Waals surface area contributed by atoms with Gasteiger partial charge in [0.25, 0.3) is 11.5 Å². The molecule has 0 bridgehead atoms. The first-order valence-corrected chi connectivity index (χ1v) is 8.44. The van der Waals surface area contributed by atoms with E-state index in [9.17, 15) is 14.0 Å². The lowest BCUT2D eigenvalue weighted by Crippen LogP contribution is -2.49. The summed E-state index contributed by atoms with van der Waals surface area (Å²) in [6.07, 6.45) is 0. The van der Waals surface area contributed by atoms with Crippen molar-refractivity contribution in [1.82, 2.24) is 20.0 Å². The Balaban J connectivity index is 0.00000261. The van der Waals surface area contributed by atoms with Crippen LogP contribution in [0.25, 0.3) is 0 Å². The van der Waals surface area contributed by atoms with Gasteiger partial charge in [0, 0.05) is 32.8 Å². The van der Waals surface area contributed by atoms with E-state index in [0.29, 0.717) is 26.2 Å². The normalized spacial score (nSPS) is 16.7. The van der Waals surface area contributed by atoms with Gasteiger partial charge in [0.15, 0.2) is 0 Å². The number of benzene rings is 1. The molecule has 3 rings (SSSR count). The molecule has 1 amide bonds. The second-order valence-electron chi connectivity index (χ2n) is 6.05. The van der Waals surface area contributed by atoms with Gasteiger partial charge in [-0.15, -0.1) is 12.4 Å². The minimum atomic E-state index is -0.341. The van der Waals surface area contributed by atoms with Gasteiger partial charge in [0.2, 0.25) is 0 Å². The topological polar surface area (TPSA) is 76.5 Å². The fourth-order valence-electron chi connectivity index (χ4n) is 3.01. The summed E-state index contributed by atoms with van der Waals surface area (Å²) in [5, 5.41) is 7.40. The van der Waals surface area contributed by atoms with Crippen LogP contribution in [0.3, 0.4) is 0 Å². The van der Waals surface area contributed by atoms with Crippen LogP contribution in [0, 0.1) is 5.82 Å². The van der Waals surface area contributed by atoms with Crippen LogP contribution in [0.1, 0.15) is 22.1 Å². The van der Waals surface area contributed by atoms with Crippen molar-refractivity contribution in [1.29, 1.82) is 0 Å². The van der Waals surface area contributed by atoms with E-state index < -0.39 is 0 Å². The Bertz CT molecular complexity index is 845. The maximum atomic E-state index is 13.6. The lowest BCUT2D eigenvalue weighted by Gasteiger charge is -2.36. The van der Waals surface area contributed by atoms with Crippen LogP contribution in [0.15, 0.2) is 41.2 Å². The zero-order valence-electron chi connectivity index (χ0n) is 14.9. The Kier molecular flexibility index (Phi) is 7.46. The fourth-order valence-corrected chi connectivity index (χ4v) is 3.01. The molecule has 0 saturated carbocycles. The summed E-state index contributed by atoms with van der Waals surface area (Å²) in [6, 6.07) is 8.70. The molecule has 0 aliphatic carbocycles. The third-order valence-electron chi connectivity index (χ3n) is 4.33. The Labute approximate surface area is 162 Å². The predicted molar refractivity (Wildman–Crippen MR) is 101 cm³/mol. The Morgan fingerprint density at radius 1 is 1.37 bits per heavy atom. The van der Waals surface area contributed by atoms with E-state index >= 15 is 0 Å². The zero-order valence-corrected chi connectivity index (χ0v) is 15.7. The molecule has 0 spiro atoms. The van der Waals surface area contributed by atoms with E-state index in [1.54, 1.807) is 17.0 Å². The molecule has 1 unspecified atom stereocenters. The number of nitrogens with zero attached hydrogens (tertiary/aromatic N) is 3. The lowest BCUT2D eigenvalue weighted by molar-refractivity contribution is 0.0624. The molecule has 1 fully saturated rings. The van der Waals surface area contributed by atoms with Gasteiger partial charge in [-0.05, 0) is 23.8 Å². The third-order valence-corrected chi connectivity index (χ3v) is 4.33. The summed E-state index contributed by atoms with van der Waals surface area (Å²) in [6.45, 7) is 2.23. The predicted octanol–water partition coefficient (Wildman–Crippen LogP) is 1.24. The van der Waals surface area contributed by atoms with Crippen molar-refractivity contribution in [2.24, 2.45) is 0 Å². The van der Waals surface area contributed by atoms with E-state index in [4.69, 9.17) is 4.74 Å². The second kappa shape index (κ2) is 9.59. The summed E-state index contributed by atoms with van der Waals surface area (Å²) in [4.78, 5) is 26.5. The van der Waals surface area contributed by atoms with E-state index in [1.807, 2.05) is 0 Å². The van der Waals surface area contributed by atoms with Crippen LogP contribution >= 0.6 is 12.4 Å². The third kappa shape index (κ3) is 4.91. The summed E-state index contributed by atoms with van der Waals surface area (Å²) in [5.74, 6) is -0.626. The number of nitrogens with one attached hydrogen (secondary N) is 1. The monoisotopic (exact) mass is 396 g/mol. The Morgan fingerprint density at radius 3 is 2.93 bits per heavy atom. The van der Waals surface area contributed by atoms with E-state index in [2.05, 4.69) is 10.4 Å². The van der Waals surface area contributed by atoms with Crippen LogP contribution in [0.4, 0.5) is 4.39 Å². The van der Waals surface area contributed by atoms with E-state index in [1.165, 1.54) is 36.1 Å². The Morgan fingerprint density at radius 2 is 2.19 bits per heavy atom. The standard InChI is InChI=1S/C18H21FN4O3.ClH/c1-26-10-9-23-17(24)6-5-15(21-23)18(25)22-8-7-20-12-16(22)13-3-2-4-14(19)11-13;/h2-6,11,16,20H,7-10,12H2,1H3;1H. The van der Waals surface area contributed by atoms with Crippen molar-refractivity contribution in [3.63, 3.8) is 0 Å². The summed E-state index contributed by atoms with van der Waals surface area (Å²) in [7, 11) is 1.53. The minimum absolute atomic E-state index is 0. The molecule has 27 heavy (non-hydrogen) atoms. The average Bonchev–Trinajstić information content (AvgIpc) is 2.67. The maximum Gasteiger partial charge on any atom is 0.274 e. The van der Waals surface area contributed by atoms with Crippen molar-refractivity contribution >= 4 is 18.3 Å². The number of carbonyl (C=O) groups excluding carboxylic acids is 1. The zero-order chi connectivity index (χ0) is 18.5. The fraction of sp³-hybridized carbons (Fsp3) is 0.389. The first-order valence-electron chi connectivity index (χ1n) is 8.44. The van der Waals surface area contributed by atoms with Crippen LogP contribution in [0.2, 0.25) is 0 Å². The smallest absolute Gasteiger partial charge is 0.274 e. The first kappa shape index (κ1) is 21.0. The van der Waals surface area contributed by atoms with Gasteiger partial charge in [0.05, 0.1) is 19.2 Å². The number of hydrogen-bond donors (Lipinski definition) is 1. The number of rotatable bonds is 5. The van der Waals surface area contributed by atoms with Crippen LogP contribution < -0.4 is 10.9 Å². The highest BCUT2D eigenvalue weighted by Gasteiger charge is 2.29. The average molecular weight is 397 g/mol. The van der Waals surface area contributed by atoms with Crippen LogP contribution in [-0.4, -0.2) is 53.9 Å². The molecule has 1 aliphatic rings. The molecule has 2 aromatic rings. The summed E-state index contributed by atoms with van der Waals surface area (Å²) >= 11 is 0. The lowest BCUT2D eigenvalue weighted by atomic mass is 10.0. The van der Waals surface area contributed by atoms with Gasteiger partial charge in [-0.2, -0.15) is 5.10 Å². The number of piperazine rings is 1. The van der Waals surface area contributed by atoms with E-state index in [0.717, 1.165) is 5.56 Å². The number of carbonyl (C=O) groups is 1. The molecule has 2 heterocycles. The number of ether oxygens (including phenoxy) is 1. The Hall–Kier alpha value is -2.29. The van der Waals surface area contributed by atoms with Gasteiger partial charge >= 0.3 is 0 Å². The molecule has 1 aromatic heterocycles. The first-order chi connectivity index (χ1) is 12.6. The van der Waals surface area contributed by atoms with Gasteiger partial charge in [-0.1, -0.05) is 12.1 Å². The molecule has 146 valence electrons. The summed E-state index contributed by atoms with van der Waals surface area (Å²) in [5.41, 5.74) is 0.614. The van der Waals surface area contributed by atoms with Crippen LogP contribution in [-0.2, 0) is 11.3 Å². The SMILES string of the molecule is COCCn1nc(C(=O)N2CCNCC2c2cccc(F)c2)ccc1=O.Cl. The number of hydrogen-bond acceptors (Lipinski definition) is 5. The minimum Gasteiger partial charge on any atom is -0.383 e. The molecule has 1 atom stereocenters. The highest BCUT2D eigenvalue weighted by atomic mass is 35.5. The molecule has 9 heteroatoms. The number of amides is 1. The number of halogens is 2. The van der Waals surface area contributed by atoms with E-state index in [-0.39, 0.29) is 48.0 Å². The molecular formula is C18H22ClFN4O3. The quantitative estimate of drug-likeness (QED) is 0.822. The molecule has 1 saturated heterocycles. The molecule has 1 aliphatic heterocycles. The highest BCUT2D eigenvalue weighted by molar-refractivity contribution is 5.92. The van der Waals surface area contributed by atoms with Crippen molar-refractivity contribution in [2.45, 2.75) is 12.6 Å². The maximum absolute atomic E-state index is 13.6. The second-order valence-corrected chi connectivity index (χ2v) is 6.05. The molecular weight excluding hydrogens is 375 g/mol. The molecule has 7 nitrogen and oxygen atoms in total. The van der Waals surface area contributed by atoms with Gasteiger partial charge in [-0.3, -0.25) is 9.59 Å². The number of methoxy groups -OCH3 is 1. The van der Waals surface area contributed by atoms with Gasteiger partial charge in [0.1, 0.15) is 11.5 Å². The van der Waals surface area contributed by atoms with Crippen molar-refractivity contribution in [3.05, 3.63) is 63.8 Å². The van der Waals surface area contributed by atoms with Crippen molar-refractivity contribution in [2.75, 3.05) is 33.4 Å². The van der Waals surface area contributed by atoms with Crippen molar-refractivity contribution < 1.29 is 13.9 Å². The molecule has 1 aromatic carbocycles. The van der Waals surface area contributed by atoms with Crippen molar-refractivity contribution in [3.8, 4) is 0 Å². The van der Waals surface area contributed by atoms with Crippen LogP contribution in [0.5, 0.6) is 0 Å². The molecule has 0 radical (unpaired) electrons. The highest BCUT2D eigenvalue weighted by Crippen LogP contribution is 2.24. The van der Waals surface area contributed by atoms with Gasteiger partial charge < -0.3 is 15.0 Å². The molecule has 1 N–H and O–H groups in total. The largest absolute Gasteiger partial charge is 0.383 e.